The van der Waals surface area contributed by atoms with E-state index < -0.39 is 0 Å². The van der Waals surface area contributed by atoms with Gasteiger partial charge in [0.05, 0.1) is 11.6 Å². The molecule has 4 nitrogen and oxygen atoms in total. The lowest BCUT2D eigenvalue weighted by Crippen LogP contribution is -2.07. The maximum atomic E-state index is 12.2. The minimum Gasteiger partial charge on any atom is -0.493 e. The number of anilines is 1. The van der Waals surface area contributed by atoms with Crippen LogP contribution in [0.2, 0.25) is 0 Å². The lowest BCUT2D eigenvalue weighted by molar-refractivity contribution is -0.111. The van der Waals surface area contributed by atoms with E-state index in [0.29, 0.717) is 18.1 Å². The number of hydrogen-bond donors (Lipinski definition) is 1. The zero-order chi connectivity index (χ0) is 20.6. The SMILES string of the molecule is COc1cc(C=CC(=O)Nc2cccc(Br)c2)cc(Br)c1OCc1ccccc1. The predicted octanol–water partition coefficient (Wildman–Crippen LogP) is 6.45. The fourth-order valence-electron chi connectivity index (χ4n) is 2.63. The van der Waals surface area contributed by atoms with Crippen molar-refractivity contribution in [2.75, 3.05) is 12.4 Å². The Kier molecular flexibility index (Phi) is 7.49. The molecular weight excluding hydrogens is 498 g/mol. The number of carbonyl (C=O) groups excluding carboxylic acids is 1. The van der Waals surface area contributed by atoms with Gasteiger partial charge in [0.15, 0.2) is 11.5 Å². The van der Waals surface area contributed by atoms with Gasteiger partial charge >= 0.3 is 0 Å². The smallest absolute Gasteiger partial charge is 0.248 e. The molecule has 3 rings (SSSR count). The van der Waals surface area contributed by atoms with E-state index >= 15 is 0 Å². The third-order valence-electron chi connectivity index (χ3n) is 4.00. The molecule has 0 saturated carbocycles. The van der Waals surface area contributed by atoms with Gasteiger partial charge in [-0.3, -0.25) is 4.79 Å². The predicted molar refractivity (Wildman–Crippen MR) is 123 cm³/mol. The number of halogens is 2. The van der Waals surface area contributed by atoms with Crippen molar-refractivity contribution >= 4 is 49.5 Å². The van der Waals surface area contributed by atoms with Crippen LogP contribution in [-0.2, 0) is 11.4 Å². The molecule has 1 N–H and O–H groups in total. The van der Waals surface area contributed by atoms with E-state index in [2.05, 4.69) is 37.2 Å². The van der Waals surface area contributed by atoms with Crippen LogP contribution < -0.4 is 14.8 Å². The summed E-state index contributed by atoms with van der Waals surface area (Å²) in [5.74, 6) is 0.983. The maximum absolute atomic E-state index is 12.2. The Bertz CT molecular complexity index is 1020. The van der Waals surface area contributed by atoms with Crippen LogP contribution in [0.5, 0.6) is 11.5 Å². The molecule has 3 aromatic rings. The highest BCUT2D eigenvalue weighted by Crippen LogP contribution is 2.37. The van der Waals surface area contributed by atoms with Gasteiger partial charge in [0.25, 0.3) is 0 Å². The minimum atomic E-state index is -0.220. The first kappa shape index (κ1) is 21.1. The molecule has 0 fully saturated rings. The first-order chi connectivity index (χ1) is 14.0. The van der Waals surface area contributed by atoms with Gasteiger partial charge in [0.2, 0.25) is 5.91 Å². The van der Waals surface area contributed by atoms with Crippen molar-refractivity contribution in [2.45, 2.75) is 6.61 Å². The molecule has 3 aromatic carbocycles. The number of hydrogen-bond acceptors (Lipinski definition) is 3. The van der Waals surface area contributed by atoms with Gasteiger partial charge in [0.1, 0.15) is 6.61 Å². The van der Waals surface area contributed by atoms with Crippen molar-refractivity contribution in [3.8, 4) is 11.5 Å². The molecule has 0 radical (unpaired) electrons. The van der Waals surface area contributed by atoms with Crippen LogP contribution in [0.1, 0.15) is 11.1 Å². The lowest BCUT2D eigenvalue weighted by Gasteiger charge is -2.13. The van der Waals surface area contributed by atoms with Crippen molar-refractivity contribution in [2.24, 2.45) is 0 Å². The lowest BCUT2D eigenvalue weighted by atomic mass is 10.2. The summed E-state index contributed by atoms with van der Waals surface area (Å²) in [7, 11) is 1.59. The summed E-state index contributed by atoms with van der Waals surface area (Å²) in [4.78, 5) is 12.2. The van der Waals surface area contributed by atoms with Gasteiger partial charge in [-0.2, -0.15) is 0 Å². The van der Waals surface area contributed by atoms with E-state index in [4.69, 9.17) is 9.47 Å². The zero-order valence-corrected chi connectivity index (χ0v) is 18.9. The van der Waals surface area contributed by atoms with Crippen molar-refractivity contribution in [1.82, 2.24) is 0 Å². The van der Waals surface area contributed by atoms with Gasteiger partial charge in [-0.1, -0.05) is 52.3 Å². The normalized spacial score (nSPS) is 10.7. The first-order valence-corrected chi connectivity index (χ1v) is 10.4. The number of amides is 1. The third-order valence-corrected chi connectivity index (χ3v) is 5.08. The van der Waals surface area contributed by atoms with E-state index in [0.717, 1.165) is 25.8 Å². The number of carbonyl (C=O) groups is 1. The Hall–Kier alpha value is -2.57. The third kappa shape index (κ3) is 6.21. The Labute approximate surface area is 186 Å². The second-order valence-corrected chi connectivity index (χ2v) is 7.91. The highest BCUT2D eigenvalue weighted by Gasteiger charge is 2.11. The van der Waals surface area contributed by atoms with Crippen molar-refractivity contribution in [3.63, 3.8) is 0 Å². The van der Waals surface area contributed by atoms with Gasteiger partial charge in [-0.15, -0.1) is 0 Å². The summed E-state index contributed by atoms with van der Waals surface area (Å²) in [6.07, 6.45) is 3.20. The molecule has 0 atom stereocenters. The quantitative estimate of drug-likeness (QED) is 0.367. The monoisotopic (exact) mass is 515 g/mol. The van der Waals surface area contributed by atoms with Gasteiger partial charge < -0.3 is 14.8 Å². The molecule has 29 heavy (non-hydrogen) atoms. The zero-order valence-electron chi connectivity index (χ0n) is 15.7. The summed E-state index contributed by atoms with van der Waals surface area (Å²) in [6, 6.07) is 21.0. The molecule has 0 aliphatic heterocycles. The molecule has 0 unspecified atom stereocenters. The first-order valence-electron chi connectivity index (χ1n) is 8.84. The number of rotatable bonds is 7. The molecule has 0 heterocycles. The molecule has 0 spiro atoms. The van der Waals surface area contributed by atoms with Crippen LogP contribution in [0.4, 0.5) is 5.69 Å². The fraction of sp³-hybridized carbons (Fsp3) is 0.0870. The van der Waals surface area contributed by atoms with E-state index in [9.17, 15) is 4.79 Å². The number of ether oxygens (including phenoxy) is 2. The van der Waals surface area contributed by atoms with Crippen LogP contribution in [0.15, 0.2) is 81.8 Å². The summed E-state index contributed by atoms with van der Waals surface area (Å²) in [5.41, 5.74) is 2.59. The average Bonchev–Trinajstić information content (AvgIpc) is 2.72. The van der Waals surface area contributed by atoms with E-state index in [1.807, 2.05) is 66.7 Å². The van der Waals surface area contributed by atoms with Crippen LogP contribution in [0.25, 0.3) is 6.08 Å². The molecule has 0 saturated heterocycles. The standard InChI is InChI=1S/C23H19Br2NO3/c1-28-21-13-17(10-11-22(27)26-19-9-5-8-18(24)14-19)12-20(25)23(21)29-15-16-6-3-2-4-7-16/h2-14H,15H2,1H3,(H,26,27). The minimum absolute atomic E-state index is 0.220. The molecule has 0 aliphatic rings. The molecule has 148 valence electrons. The summed E-state index contributed by atoms with van der Waals surface area (Å²) in [5, 5.41) is 2.82. The van der Waals surface area contributed by atoms with Crippen molar-refractivity contribution < 1.29 is 14.3 Å². The molecule has 0 aliphatic carbocycles. The Balaban J connectivity index is 1.70. The summed E-state index contributed by atoms with van der Waals surface area (Å²) < 4.78 is 13.1. The van der Waals surface area contributed by atoms with E-state index in [-0.39, 0.29) is 5.91 Å². The Morgan fingerprint density at radius 2 is 1.83 bits per heavy atom. The Morgan fingerprint density at radius 1 is 1.03 bits per heavy atom. The van der Waals surface area contributed by atoms with Crippen molar-refractivity contribution in [1.29, 1.82) is 0 Å². The second kappa shape index (κ2) is 10.3. The van der Waals surface area contributed by atoms with Gasteiger partial charge in [0, 0.05) is 16.2 Å². The number of nitrogens with one attached hydrogen (secondary N) is 1. The molecule has 6 heteroatoms. The number of benzene rings is 3. The number of methoxy groups -OCH3 is 1. The Morgan fingerprint density at radius 3 is 2.55 bits per heavy atom. The molecular formula is C23H19Br2NO3. The second-order valence-electron chi connectivity index (χ2n) is 6.14. The van der Waals surface area contributed by atoms with Crippen LogP contribution in [-0.4, -0.2) is 13.0 Å². The van der Waals surface area contributed by atoms with Crippen molar-refractivity contribution in [3.05, 3.63) is 92.9 Å². The highest BCUT2D eigenvalue weighted by atomic mass is 79.9. The topological polar surface area (TPSA) is 47.6 Å². The van der Waals surface area contributed by atoms with Crippen LogP contribution >= 0.6 is 31.9 Å². The average molecular weight is 517 g/mol. The largest absolute Gasteiger partial charge is 0.493 e. The van der Waals surface area contributed by atoms with Crippen LogP contribution in [0, 0.1) is 0 Å². The molecule has 0 bridgehead atoms. The highest BCUT2D eigenvalue weighted by molar-refractivity contribution is 9.10. The van der Waals surface area contributed by atoms with Gasteiger partial charge in [-0.05, 0) is 63.5 Å². The van der Waals surface area contributed by atoms with Crippen LogP contribution in [0.3, 0.4) is 0 Å². The van der Waals surface area contributed by atoms with E-state index in [1.54, 1.807) is 13.2 Å². The fourth-order valence-corrected chi connectivity index (χ4v) is 3.60. The maximum Gasteiger partial charge on any atom is 0.248 e. The summed E-state index contributed by atoms with van der Waals surface area (Å²) >= 11 is 6.92. The molecule has 1 amide bonds. The molecule has 0 aromatic heterocycles. The van der Waals surface area contributed by atoms with Gasteiger partial charge in [-0.25, -0.2) is 0 Å². The summed E-state index contributed by atoms with van der Waals surface area (Å²) in [6.45, 7) is 0.431. The van der Waals surface area contributed by atoms with E-state index in [1.165, 1.54) is 6.08 Å².